The molecule has 2 aromatic rings. The molecule has 2 aromatic heterocycles. The molecule has 0 atom stereocenters. The largest absolute Gasteiger partial charge is 0.348 e. The maximum atomic E-state index is 12.1. The Kier molecular flexibility index (Phi) is 3.14. The normalized spacial score (nSPS) is 10.6. The smallest absolute Gasteiger partial charge is 0.254 e. The minimum absolute atomic E-state index is 0.0236. The minimum Gasteiger partial charge on any atom is -0.348 e. The second-order valence-corrected chi connectivity index (χ2v) is 4.30. The van der Waals surface area contributed by atoms with E-state index >= 15 is 0 Å². The lowest BCUT2D eigenvalue weighted by atomic mass is 10.2. The molecule has 0 radical (unpaired) electrons. The van der Waals surface area contributed by atoms with Gasteiger partial charge in [0.1, 0.15) is 5.82 Å². The third kappa shape index (κ3) is 2.25. The summed E-state index contributed by atoms with van der Waals surface area (Å²) >= 11 is 0. The summed E-state index contributed by atoms with van der Waals surface area (Å²) in [6.07, 6.45) is 1.80. The van der Waals surface area contributed by atoms with Crippen LogP contribution >= 0.6 is 0 Å². The van der Waals surface area contributed by atoms with E-state index in [1.807, 2.05) is 0 Å². The maximum absolute atomic E-state index is 12.1. The fourth-order valence-electron chi connectivity index (χ4n) is 1.93. The first-order valence-electron chi connectivity index (χ1n) is 5.68. The number of Topliss-reactive ketones (excluding diaryl/α,β-unsaturated/α-hetero) is 1. The predicted molar refractivity (Wildman–Crippen MR) is 67.7 cm³/mol. The summed E-state index contributed by atoms with van der Waals surface area (Å²) in [5.74, 6) is 0.459. The Labute approximate surface area is 105 Å². The fourth-order valence-corrected chi connectivity index (χ4v) is 1.93. The third-order valence-corrected chi connectivity index (χ3v) is 2.86. The highest BCUT2D eigenvalue weighted by molar-refractivity contribution is 5.94. The molecular weight excluding hydrogens is 230 g/mol. The molecule has 0 aliphatic rings. The van der Waals surface area contributed by atoms with Crippen LogP contribution < -0.4 is 5.56 Å². The zero-order valence-corrected chi connectivity index (χ0v) is 10.7. The SMILES string of the molecule is Cc1cc(=O)n(CC(=O)c2cccn2C)c(C)n1. The van der Waals surface area contributed by atoms with E-state index in [2.05, 4.69) is 4.98 Å². The summed E-state index contributed by atoms with van der Waals surface area (Å²) in [5.41, 5.74) is 1.06. The van der Waals surface area contributed by atoms with E-state index in [1.54, 1.807) is 43.8 Å². The summed E-state index contributed by atoms with van der Waals surface area (Å²) in [7, 11) is 1.80. The molecule has 5 nitrogen and oxygen atoms in total. The average molecular weight is 245 g/mol. The lowest BCUT2D eigenvalue weighted by Crippen LogP contribution is -2.27. The number of hydrogen-bond acceptors (Lipinski definition) is 3. The van der Waals surface area contributed by atoms with Crippen LogP contribution in [0.1, 0.15) is 22.0 Å². The first-order valence-corrected chi connectivity index (χ1v) is 5.68. The first-order chi connectivity index (χ1) is 8.49. The first kappa shape index (κ1) is 12.3. The number of hydrogen-bond donors (Lipinski definition) is 0. The van der Waals surface area contributed by atoms with Crippen molar-refractivity contribution in [2.24, 2.45) is 7.05 Å². The van der Waals surface area contributed by atoms with E-state index in [-0.39, 0.29) is 17.9 Å². The van der Waals surface area contributed by atoms with Gasteiger partial charge in [0.05, 0.1) is 12.2 Å². The van der Waals surface area contributed by atoms with Gasteiger partial charge in [-0.15, -0.1) is 0 Å². The van der Waals surface area contributed by atoms with E-state index in [9.17, 15) is 9.59 Å². The van der Waals surface area contributed by atoms with Gasteiger partial charge in [-0.3, -0.25) is 14.2 Å². The molecule has 0 amide bonds. The molecule has 0 unspecified atom stereocenters. The highest BCUT2D eigenvalue weighted by Crippen LogP contribution is 2.03. The van der Waals surface area contributed by atoms with Crippen molar-refractivity contribution >= 4 is 5.78 Å². The molecule has 0 saturated carbocycles. The van der Waals surface area contributed by atoms with Crippen LogP contribution in [-0.2, 0) is 13.6 Å². The Morgan fingerprint density at radius 1 is 1.39 bits per heavy atom. The fraction of sp³-hybridized carbons (Fsp3) is 0.308. The Hall–Kier alpha value is -2.17. The molecule has 0 spiro atoms. The molecule has 0 aliphatic heterocycles. The average Bonchev–Trinajstić information content (AvgIpc) is 2.69. The van der Waals surface area contributed by atoms with Crippen molar-refractivity contribution in [1.82, 2.24) is 14.1 Å². The van der Waals surface area contributed by atoms with Crippen LogP contribution in [0.25, 0.3) is 0 Å². The van der Waals surface area contributed by atoms with E-state index in [4.69, 9.17) is 0 Å². The highest BCUT2D eigenvalue weighted by atomic mass is 16.1. The number of aryl methyl sites for hydroxylation is 3. The van der Waals surface area contributed by atoms with E-state index < -0.39 is 0 Å². The summed E-state index contributed by atoms with van der Waals surface area (Å²) in [5, 5.41) is 0. The monoisotopic (exact) mass is 245 g/mol. The van der Waals surface area contributed by atoms with Gasteiger partial charge in [-0.05, 0) is 26.0 Å². The second-order valence-electron chi connectivity index (χ2n) is 4.30. The topological polar surface area (TPSA) is 56.9 Å². The number of carbonyl (C=O) groups excluding carboxylic acids is 1. The molecular formula is C13H15N3O2. The van der Waals surface area contributed by atoms with Gasteiger partial charge >= 0.3 is 0 Å². The molecule has 0 aliphatic carbocycles. The van der Waals surface area contributed by atoms with Crippen LogP contribution in [0.2, 0.25) is 0 Å². The molecule has 0 saturated heterocycles. The molecule has 94 valence electrons. The lowest BCUT2D eigenvalue weighted by Gasteiger charge is -2.09. The highest BCUT2D eigenvalue weighted by Gasteiger charge is 2.12. The summed E-state index contributed by atoms with van der Waals surface area (Å²) in [6.45, 7) is 3.51. The lowest BCUT2D eigenvalue weighted by molar-refractivity contribution is 0.0961. The van der Waals surface area contributed by atoms with Crippen LogP contribution in [0.15, 0.2) is 29.2 Å². The van der Waals surface area contributed by atoms with Gasteiger partial charge in [-0.25, -0.2) is 4.98 Å². The molecule has 0 bridgehead atoms. The number of nitrogens with zero attached hydrogens (tertiary/aromatic N) is 3. The molecule has 2 heterocycles. The van der Waals surface area contributed by atoms with Gasteiger partial charge in [0.2, 0.25) is 0 Å². The van der Waals surface area contributed by atoms with Gasteiger partial charge in [0.15, 0.2) is 5.78 Å². The van der Waals surface area contributed by atoms with Crippen molar-refractivity contribution in [3.8, 4) is 0 Å². The van der Waals surface area contributed by atoms with Crippen LogP contribution in [-0.4, -0.2) is 19.9 Å². The van der Waals surface area contributed by atoms with Gasteiger partial charge < -0.3 is 4.57 Å². The minimum atomic E-state index is -0.192. The van der Waals surface area contributed by atoms with Crippen molar-refractivity contribution in [2.75, 3.05) is 0 Å². The molecule has 2 rings (SSSR count). The second kappa shape index (κ2) is 4.60. The molecule has 5 heteroatoms. The quantitative estimate of drug-likeness (QED) is 0.760. The van der Waals surface area contributed by atoms with Gasteiger partial charge in [-0.2, -0.15) is 0 Å². The Bertz CT molecular complexity index is 652. The zero-order chi connectivity index (χ0) is 13.3. The maximum Gasteiger partial charge on any atom is 0.254 e. The Morgan fingerprint density at radius 3 is 2.67 bits per heavy atom. The third-order valence-electron chi connectivity index (χ3n) is 2.86. The Balaban J connectivity index is 2.34. The predicted octanol–water partition coefficient (Wildman–Crippen LogP) is 1.08. The van der Waals surface area contributed by atoms with E-state index in [1.165, 1.54) is 10.6 Å². The molecule has 0 fully saturated rings. The van der Waals surface area contributed by atoms with Crippen LogP contribution in [0.3, 0.4) is 0 Å². The van der Waals surface area contributed by atoms with E-state index in [0.717, 1.165) is 0 Å². The van der Waals surface area contributed by atoms with Crippen LogP contribution in [0.4, 0.5) is 0 Å². The zero-order valence-electron chi connectivity index (χ0n) is 10.7. The van der Waals surface area contributed by atoms with Crippen molar-refractivity contribution in [1.29, 1.82) is 0 Å². The van der Waals surface area contributed by atoms with Crippen LogP contribution in [0, 0.1) is 13.8 Å². The van der Waals surface area contributed by atoms with Crippen molar-refractivity contribution < 1.29 is 4.79 Å². The molecule has 18 heavy (non-hydrogen) atoms. The number of aromatic nitrogens is 3. The van der Waals surface area contributed by atoms with Gasteiger partial charge in [0, 0.05) is 25.0 Å². The van der Waals surface area contributed by atoms with Gasteiger partial charge in [-0.1, -0.05) is 0 Å². The van der Waals surface area contributed by atoms with Crippen molar-refractivity contribution in [3.63, 3.8) is 0 Å². The van der Waals surface area contributed by atoms with Crippen LogP contribution in [0.5, 0.6) is 0 Å². The number of ketones is 1. The van der Waals surface area contributed by atoms with E-state index in [0.29, 0.717) is 17.2 Å². The summed E-state index contributed by atoms with van der Waals surface area (Å²) in [4.78, 5) is 28.1. The summed E-state index contributed by atoms with van der Waals surface area (Å²) in [6, 6.07) is 4.98. The van der Waals surface area contributed by atoms with Crippen molar-refractivity contribution in [3.05, 3.63) is 52.0 Å². The molecule has 0 aromatic carbocycles. The number of rotatable bonds is 3. The Morgan fingerprint density at radius 2 is 2.11 bits per heavy atom. The molecule has 0 N–H and O–H groups in total. The number of carbonyl (C=O) groups is 1. The standard InChI is InChI=1S/C13H15N3O2/c1-9-7-13(18)16(10(2)14-9)8-12(17)11-5-4-6-15(11)3/h4-7H,8H2,1-3H3. The van der Waals surface area contributed by atoms with Crippen molar-refractivity contribution in [2.45, 2.75) is 20.4 Å². The van der Waals surface area contributed by atoms with Gasteiger partial charge in [0.25, 0.3) is 5.56 Å². The summed E-state index contributed by atoms with van der Waals surface area (Å²) < 4.78 is 3.13.